The second kappa shape index (κ2) is 15.3. The van der Waals surface area contributed by atoms with Gasteiger partial charge in [-0.05, 0) is 76.8 Å². The van der Waals surface area contributed by atoms with Crippen molar-refractivity contribution >= 4 is 35.5 Å². The number of rotatable bonds is 12. The van der Waals surface area contributed by atoms with Gasteiger partial charge in [0, 0.05) is 54.6 Å². The van der Waals surface area contributed by atoms with E-state index in [2.05, 4.69) is 107 Å². The summed E-state index contributed by atoms with van der Waals surface area (Å²) in [6.45, 7) is 9.66. The molecule has 3 heterocycles. The van der Waals surface area contributed by atoms with Crippen LogP contribution in [0.15, 0.2) is 128 Å². The number of anilines is 1. The van der Waals surface area contributed by atoms with E-state index in [-0.39, 0.29) is 11.6 Å². The first kappa shape index (κ1) is 37.0. The number of benzene rings is 4. The van der Waals surface area contributed by atoms with Crippen LogP contribution in [0.2, 0.25) is 5.04 Å². The van der Waals surface area contributed by atoms with E-state index in [9.17, 15) is 4.39 Å². The standard InChI is InChI=1S/C45H45FN6O3Si/c1-30-48-24-32(25-49-30)27-53-37-21-34(46)22-38(23-37)55-36-17-15-35(16-18-36)52-26-41(42-43(52)44(47)51-29-50-42)33-19-31(20-33)28-54-56(45(2,3)4,39-11-7-5-8-12-39)40-13-9-6-10-14-40/h5-18,21-26,29,31,33H,19-20,27-28H2,1-4H3,(H2,47,50,51). The summed E-state index contributed by atoms with van der Waals surface area (Å²) >= 11 is 0. The molecule has 1 saturated carbocycles. The molecule has 0 amide bonds. The van der Waals surface area contributed by atoms with E-state index in [1.54, 1.807) is 18.5 Å². The first-order chi connectivity index (χ1) is 27.1. The molecule has 3 aromatic heterocycles. The molecule has 7 aromatic rings. The largest absolute Gasteiger partial charge is 0.489 e. The lowest BCUT2D eigenvalue weighted by Gasteiger charge is -2.45. The second-order valence-electron chi connectivity index (χ2n) is 15.6. The SMILES string of the molecule is Cc1ncc(COc2cc(F)cc(Oc3ccc(-n4cc(C5CC(CO[Si](c6ccccc6)(c6ccccc6)C(C)(C)C)C5)c5ncnc(N)c54)cc3)c2)cn1. The van der Waals surface area contributed by atoms with Crippen LogP contribution in [0.25, 0.3) is 16.7 Å². The molecule has 1 aliphatic rings. The van der Waals surface area contributed by atoms with Crippen LogP contribution >= 0.6 is 0 Å². The van der Waals surface area contributed by atoms with Gasteiger partial charge in [0.25, 0.3) is 8.32 Å². The quantitative estimate of drug-likeness (QED) is 0.123. The number of halogens is 1. The number of nitrogens with two attached hydrogens (primary N) is 1. The fraction of sp³-hybridized carbons (Fsp3) is 0.244. The number of nitrogen functional groups attached to an aromatic ring is 1. The zero-order valence-electron chi connectivity index (χ0n) is 32.0. The summed E-state index contributed by atoms with van der Waals surface area (Å²) in [5.74, 6) is 2.54. The predicted octanol–water partition coefficient (Wildman–Crippen LogP) is 8.68. The fourth-order valence-corrected chi connectivity index (χ4v) is 12.5. The summed E-state index contributed by atoms with van der Waals surface area (Å²) in [4.78, 5) is 17.4. The van der Waals surface area contributed by atoms with Gasteiger partial charge in [-0.15, -0.1) is 0 Å². The molecule has 56 heavy (non-hydrogen) atoms. The monoisotopic (exact) mass is 764 g/mol. The van der Waals surface area contributed by atoms with Gasteiger partial charge in [0.05, 0.1) is 5.52 Å². The number of fused-ring (bicyclic) bond motifs is 1. The van der Waals surface area contributed by atoms with Crippen LogP contribution in [0.4, 0.5) is 10.2 Å². The Labute approximate surface area is 327 Å². The van der Waals surface area contributed by atoms with Crippen molar-refractivity contribution in [2.75, 3.05) is 12.3 Å². The third-order valence-electron chi connectivity index (χ3n) is 10.7. The molecule has 0 atom stereocenters. The zero-order valence-corrected chi connectivity index (χ0v) is 33.0. The normalized spacial score (nSPS) is 15.7. The van der Waals surface area contributed by atoms with E-state index in [1.807, 2.05) is 31.2 Å². The Morgan fingerprint density at radius 3 is 2.09 bits per heavy atom. The van der Waals surface area contributed by atoms with Gasteiger partial charge in [-0.3, -0.25) is 0 Å². The second-order valence-corrected chi connectivity index (χ2v) is 19.9. The van der Waals surface area contributed by atoms with Crippen molar-refractivity contribution in [1.29, 1.82) is 0 Å². The molecular formula is C45H45FN6O3Si. The van der Waals surface area contributed by atoms with Gasteiger partial charge in [0.1, 0.15) is 47.3 Å². The van der Waals surface area contributed by atoms with Crippen molar-refractivity contribution in [3.05, 3.63) is 151 Å². The van der Waals surface area contributed by atoms with E-state index in [0.29, 0.717) is 47.3 Å². The van der Waals surface area contributed by atoms with Crippen LogP contribution < -0.4 is 25.6 Å². The van der Waals surface area contributed by atoms with Crippen molar-refractivity contribution in [2.45, 2.75) is 58.1 Å². The summed E-state index contributed by atoms with van der Waals surface area (Å²) in [7, 11) is -2.62. The Balaban J connectivity index is 0.982. The molecule has 1 fully saturated rings. The minimum Gasteiger partial charge on any atom is -0.489 e. The predicted molar refractivity (Wildman–Crippen MR) is 220 cm³/mol. The lowest BCUT2D eigenvalue weighted by Crippen LogP contribution is -2.67. The average Bonchev–Trinajstić information content (AvgIpc) is 3.56. The summed E-state index contributed by atoms with van der Waals surface area (Å²) in [5, 5.41) is 2.51. The number of hydrogen-bond donors (Lipinski definition) is 1. The highest BCUT2D eigenvalue weighted by molar-refractivity contribution is 6.99. The maximum atomic E-state index is 14.6. The number of aryl methyl sites for hydroxylation is 1. The van der Waals surface area contributed by atoms with Gasteiger partial charge < -0.3 is 24.2 Å². The fourth-order valence-electron chi connectivity index (χ4n) is 7.89. The maximum Gasteiger partial charge on any atom is 0.261 e. The molecule has 0 unspecified atom stereocenters. The van der Waals surface area contributed by atoms with Crippen LogP contribution in [-0.2, 0) is 11.0 Å². The van der Waals surface area contributed by atoms with Crippen molar-refractivity contribution in [2.24, 2.45) is 5.92 Å². The lowest BCUT2D eigenvalue weighted by molar-refractivity contribution is 0.151. The maximum absolute atomic E-state index is 14.6. The summed E-state index contributed by atoms with van der Waals surface area (Å²) in [5.41, 5.74) is 10.9. The van der Waals surface area contributed by atoms with Crippen molar-refractivity contribution in [3.8, 4) is 22.9 Å². The zero-order chi connectivity index (χ0) is 38.9. The summed E-state index contributed by atoms with van der Waals surface area (Å²) in [6.07, 6.45) is 9.04. The van der Waals surface area contributed by atoms with Crippen molar-refractivity contribution in [1.82, 2.24) is 24.5 Å². The van der Waals surface area contributed by atoms with Gasteiger partial charge in [-0.1, -0.05) is 81.4 Å². The molecular weight excluding hydrogens is 720 g/mol. The Hall–Kier alpha value is -5.91. The van der Waals surface area contributed by atoms with Crippen LogP contribution in [0.5, 0.6) is 17.2 Å². The van der Waals surface area contributed by atoms with E-state index < -0.39 is 14.1 Å². The molecule has 1 aliphatic carbocycles. The van der Waals surface area contributed by atoms with Crippen LogP contribution in [0.1, 0.15) is 56.5 Å². The van der Waals surface area contributed by atoms with E-state index in [0.717, 1.165) is 40.7 Å². The number of hydrogen-bond acceptors (Lipinski definition) is 8. The lowest BCUT2D eigenvalue weighted by atomic mass is 9.72. The van der Waals surface area contributed by atoms with Gasteiger partial charge in [0.2, 0.25) is 0 Å². The highest BCUT2D eigenvalue weighted by Gasteiger charge is 2.51. The van der Waals surface area contributed by atoms with Crippen molar-refractivity contribution < 1.29 is 18.3 Å². The van der Waals surface area contributed by atoms with E-state index >= 15 is 0 Å². The summed E-state index contributed by atoms with van der Waals surface area (Å²) < 4.78 is 35.8. The number of aromatic nitrogens is 5. The molecule has 4 aromatic carbocycles. The Bertz CT molecular complexity index is 2390. The molecule has 8 rings (SSSR count). The molecule has 9 nitrogen and oxygen atoms in total. The minimum atomic E-state index is -2.62. The number of ether oxygens (including phenoxy) is 2. The molecule has 0 aliphatic heterocycles. The third-order valence-corrected chi connectivity index (χ3v) is 15.7. The van der Waals surface area contributed by atoms with Crippen molar-refractivity contribution in [3.63, 3.8) is 0 Å². The Kier molecular flexibility index (Phi) is 10.1. The topological polar surface area (TPSA) is 110 Å². The first-order valence-corrected chi connectivity index (χ1v) is 20.8. The van der Waals surface area contributed by atoms with Gasteiger partial charge >= 0.3 is 0 Å². The Morgan fingerprint density at radius 1 is 0.804 bits per heavy atom. The minimum absolute atomic E-state index is 0.0754. The molecule has 0 spiro atoms. The number of nitrogens with zero attached hydrogens (tertiary/aromatic N) is 5. The third kappa shape index (κ3) is 7.39. The molecule has 2 N–H and O–H groups in total. The molecule has 0 saturated heterocycles. The van der Waals surface area contributed by atoms with Gasteiger partial charge in [-0.25, -0.2) is 24.3 Å². The molecule has 11 heteroatoms. The van der Waals surface area contributed by atoms with Gasteiger partial charge in [0.15, 0.2) is 5.82 Å². The van der Waals surface area contributed by atoms with Crippen LogP contribution in [-0.4, -0.2) is 39.4 Å². The average molecular weight is 765 g/mol. The first-order valence-electron chi connectivity index (χ1n) is 18.9. The highest BCUT2D eigenvalue weighted by Crippen LogP contribution is 2.46. The van der Waals surface area contributed by atoms with E-state index in [4.69, 9.17) is 24.6 Å². The molecule has 0 bridgehead atoms. The van der Waals surface area contributed by atoms with Gasteiger partial charge in [-0.2, -0.15) is 0 Å². The smallest absolute Gasteiger partial charge is 0.261 e. The van der Waals surface area contributed by atoms with Crippen LogP contribution in [0.3, 0.4) is 0 Å². The highest BCUT2D eigenvalue weighted by atomic mass is 28.4. The summed E-state index contributed by atoms with van der Waals surface area (Å²) in [6, 6.07) is 33.5. The van der Waals surface area contributed by atoms with Crippen LogP contribution in [0, 0.1) is 18.7 Å². The molecule has 0 radical (unpaired) electrons. The Morgan fingerprint density at radius 2 is 1.45 bits per heavy atom. The molecule has 284 valence electrons. The van der Waals surface area contributed by atoms with E-state index in [1.165, 1.54) is 28.8 Å².